The second-order valence-electron chi connectivity index (χ2n) is 2.36. The third-order valence-corrected chi connectivity index (χ3v) is 1.52. The van der Waals surface area contributed by atoms with Gasteiger partial charge in [0.25, 0.3) is 0 Å². The molecule has 2 nitrogen and oxygen atoms in total. The molecule has 0 radical (unpaired) electrons. The van der Waals surface area contributed by atoms with Crippen molar-refractivity contribution in [2.45, 2.75) is 13.5 Å². The van der Waals surface area contributed by atoms with Crippen molar-refractivity contribution >= 4 is 6.08 Å². The minimum absolute atomic E-state index is 0.0225. The van der Waals surface area contributed by atoms with Crippen LogP contribution in [0.4, 0.5) is 0 Å². The number of aromatic nitrogens is 1. The standard InChI is InChI=1S/C9H11NO/c1-3-9-8(6-11)5-4-7(2)10-9/h3-5,11H,1,6H2,2H3. The first kappa shape index (κ1) is 7.95. The Labute approximate surface area is 66.2 Å². The van der Waals surface area contributed by atoms with Gasteiger partial charge in [0.2, 0.25) is 0 Å². The number of aliphatic hydroxyl groups is 1. The van der Waals surface area contributed by atoms with Gasteiger partial charge in [-0.3, -0.25) is 4.98 Å². The summed E-state index contributed by atoms with van der Waals surface area (Å²) in [5, 5.41) is 8.85. The Hall–Kier alpha value is -1.15. The Morgan fingerprint density at radius 1 is 1.64 bits per heavy atom. The first-order chi connectivity index (χ1) is 5.27. The molecule has 1 aromatic heterocycles. The maximum absolute atomic E-state index is 8.85. The molecule has 2 heteroatoms. The summed E-state index contributed by atoms with van der Waals surface area (Å²) >= 11 is 0. The van der Waals surface area contributed by atoms with Gasteiger partial charge in [0.15, 0.2) is 0 Å². The van der Waals surface area contributed by atoms with Gasteiger partial charge in [-0.1, -0.05) is 12.6 Å². The van der Waals surface area contributed by atoms with Gasteiger partial charge in [-0.15, -0.1) is 0 Å². The number of nitrogens with zero attached hydrogens (tertiary/aromatic N) is 1. The Balaban J connectivity index is 3.16. The zero-order valence-corrected chi connectivity index (χ0v) is 6.54. The molecule has 0 amide bonds. The highest BCUT2D eigenvalue weighted by atomic mass is 16.3. The molecule has 1 aromatic rings. The van der Waals surface area contributed by atoms with E-state index in [0.717, 1.165) is 17.0 Å². The van der Waals surface area contributed by atoms with Crippen LogP contribution in [-0.2, 0) is 6.61 Å². The van der Waals surface area contributed by atoms with Crippen molar-refractivity contribution < 1.29 is 5.11 Å². The molecule has 0 atom stereocenters. The topological polar surface area (TPSA) is 33.1 Å². The summed E-state index contributed by atoms with van der Waals surface area (Å²) in [5.74, 6) is 0. The zero-order chi connectivity index (χ0) is 8.27. The molecule has 0 saturated heterocycles. The second-order valence-corrected chi connectivity index (χ2v) is 2.36. The van der Waals surface area contributed by atoms with Crippen molar-refractivity contribution in [3.8, 4) is 0 Å². The van der Waals surface area contributed by atoms with E-state index in [2.05, 4.69) is 11.6 Å². The number of pyridine rings is 1. The predicted octanol–water partition coefficient (Wildman–Crippen LogP) is 1.53. The first-order valence-corrected chi connectivity index (χ1v) is 3.47. The number of hydrogen-bond donors (Lipinski definition) is 1. The molecule has 0 aliphatic rings. The summed E-state index contributed by atoms with van der Waals surface area (Å²) in [5.41, 5.74) is 2.54. The molecule has 58 valence electrons. The molecule has 0 spiro atoms. The Kier molecular flexibility index (Phi) is 2.39. The highest BCUT2D eigenvalue weighted by molar-refractivity contribution is 5.47. The van der Waals surface area contributed by atoms with Crippen LogP contribution in [0, 0.1) is 6.92 Å². The molecule has 0 bridgehead atoms. The SMILES string of the molecule is C=Cc1nc(C)ccc1CO. The lowest BCUT2D eigenvalue weighted by atomic mass is 10.2. The fourth-order valence-electron chi connectivity index (χ4n) is 0.916. The maximum atomic E-state index is 8.85. The monoisotopic (exact) mass is 149 g/mol. The Morgan fingerprint density at radius 3 is 2.91 bits per heavy atom. The predicted molar refractivity (Wildman–Crippen MR) is 45.0 cm³/mol. The largest absolute Gasteiger partial charge is 0.392 e. The van der Waals surface area contributed by atoms with Crippen LogP contribution >= 0.6 is 0 Å². The van der Waals surface area contributed by atoms with E-state index in [0.29, 0.717) is 0 Å². The average Bonchev–Trinajstić information content (AvgIpc) is 2.04. The summed E-state index contributed by atoms with van der Waals surface area (Å²) in [6, 6.07) is 3.73. The van der Waals surface area contributed by atoms with Crippen molar-refractivity contribution in [2.24, 2.45) is 0 Å². The van der Waals surface area contributed by atoms with Gasteiger partial charge in [-0.05, 0) is 19.1 Å². The quantitative estimate of drug-likeness (QED) is 0.691. The molecule has 1 heterocycles. The fraction of sp³-hybridized carbons (Fsp3) is 0.222. The van der Waals surface area contributed by atoms with Gasteiger partial charge in [0, 0.05) is 11.3 Å². The van der Waals surface area contributed by atoms with Gasteiger partial charge < -0.3 is 5.11 Å². The van der Waals surface area contributed by atoms with Gasteiger partial charge in [-0.2, -0.15) is 0 Å². The van der Waals surface area contributed by atoms with E-state index >= 15 is 0 Å². The van der Waals surface area contributed by atoms with E-state index in [4.69, 9.17) is 5.11 Å². The van der Waals surface area contributed by atoms with Crippen molar-refractivity contribution in [2.75, 3.05) is 0 Å². The van der Waals surface area contributed by atoms with Crippen LogP contribution in [0.25, 0.3) is 6.08 Å². The highest BCUT2D eigenvalue weighted by Gasteiger charge is 1.97. The Bertz CT molecular complexity index is 268. The summed E-state index contributed by atoms with van der Waals surface area (Å²) in [4.78, 5) is 4.18. The molecular weight excluding hydrogens is 138 g/mol. The van der Waals surface area contributed by atoms with Crippen molar-refractivity contribution in [3.63, 3.8) is 0 Å². The summed E-state index contributed by atoms with van der Waals surface area (Å²) in [6.07, 6.45) is 1.65. The molecule has 0 fully saturated rings. The number of aliphatic hydroxyl groups excluding tert-OH is 1. The van der Waals surface area contributed by atoms with Crippen LogP contribution in [0.5, 0.6) is 0 Å². The third kappa shape index (κ3) is 1.65. The fourth-order valence-corrected chi connectivity index (χ4v) is 0.916. The van der Waals surface area contributed by atoms with Crippen LogP contribution in [0.15, 0.2) is 18.7 Å². The first-order valence-electron chi connectivity index (χ1n) is 3.47. The molecule has 0 unspecified atom stereocenters. The van der Waals surface area contributed by atoms with Gasteiger partial charge >= 0.3 is 0 Å². The average molecular weight is 149 g/mol. The van der Waals surface area contributed by atoms with E-state index in [9.17, 15) is 0 Å². The van der Waals surface area contributed by atoms with E-state index in [1.54, 1.807) is 6.08 Å². The van der Waals surface area contributed by atoms with Crippen LogP contribution < -0.4 is 0 Å². The van der Waals surface area contributed by atoms with Crippen LogP contribution in [0.3, 0.4) is 0 Å². The van der Waals surface area contributed by atoms with E-state index < -0.39 is 0 Å². The highest BCUT2D eigenvalue weighted by Crippen LogP contribution is 2.08. The normalized spacial score (nSPS) is 9.64. The lowest BCUT2D eigenvalue weighted by Gasteiger charge is -2.01. The summed E-state index contributed by atoms with van der Waals surface area (Å²) in [7, 11) is 0. The third-order valence-electron chi connectivity index (χ3n) is 1.52. The number of hydrogen-bond acceptors (Lipinski definition) is 2. The van der Waals surface area contributed by atoms with Crippen LogP contribution in [0.1, 0.15) is 17.0 Å². The molecule has 1 N–H and O–H groups in total. The van der Waals surface area contributed by atoms with Gasteiger partial charge in [-0.25, -0.2) is 0 Å². The molecule has 0 aliphatic heterocycles. The van der Waals surface area contributed by atoms with Crippen LogP contribution in [0.2, 0.25) is 0 Å². The minimum atomic E-state index is 0.0225. The summed E-state index contributed by atoms with van der Waals surface area (Å²) < 4.78 is 0. The van der Waals surface area contributed by atoms with E-state index in [1.807, 2.05) is 19.1 Å². The van der Waals surface area contributed by atoms with E-state index in [-0.39, 0.29) is 6.61 Å². The van der Waals surface area contributed by atoms with E-state index in [1.165, 1.54) is 0 Å². The zero-order valence-electron chi connectivity index (χ0n) is 6.54. The van der Waals surface area contributed by atoms with Gasteiger partial charge in [0.05, 0.1) is 12.3 Å². The lowest BCUT2D eigenvalue weighted by Crippen LogP contribution is -1.93. The molecule has 1 rings (SSSR count). The molecule has 0 saturated carbocycles. The molecule has 0 aromatic carbocycles. The minimum Gasteiger partial charge on any atom is -0.392 e. The molecule has 0 aliphatic carbocycles. The van der Waals surface area contributed by atoms with Crippen molar-refractivity contribution in [1.29, 1.82) is 0 Å². The maximum Gasteiger partial charge on any atom is 0.0702 e. The number of rotatable bonds is 2. The van der Waals surface area contributed by atoms with Gasteiger partial charge in [0.1, 0.15) is 0 Å². The second kappa shape index (κ2) is 3.30. The Morgan fingerprint density at radius 2 is 2.36 bits per heavy atom. The molecular formula is C9H11NO. The van der Waals surface area contributed by atoms with Crippen LogP contribution in [-0.4, -0.2) is 10.1 Å². The molecule has 11 heavy (non-hydrogen) atoms. The number of aryl methyl sites for hydroxylation is 1. The smallest absolute Gasteiger partial charge is 0.0702 e. The van der Waals surface area contributed by atoms with Crippen molar-refractivity contribution in [3.05, 3.63) is 35.7 Å². The van der Waals surface area contributed by atoms with Crippen molar-refractivity contribution in [1.82, 2.24) is 4.98 Å². The lowest BCUT2D eigenvalue weighted by molar-refractivity contribution is 0.281. The summed E-state index contributed by atoms with van der Waals surface area (Å²) in [6.45, 7) is 5.54.